The molecule has 2 fully saturated rings. The van der Waals surface area contributed by atoms with E-state index in [1.165, 1.54) is 25.1 Å². The highest BCUT2D eigenvalue weighted by Crippen LogP contribution is 2.40. The van der Waals surface area contributed by atoms with Crippen LogP contribution < -0.4 is 0 Å². The zero-order valence-corrected chi connectivity index (χ0v) is 14.4. The number of amides is 1. The quantitative estimate of drug-likeness (QED) is 0.795. The lowest BCUT2D eigenvalue weighted by Gasteiger charge is -2.39. The fourth-order valence-corrected chi connectivity index (χ4v) is 4.43. The molecule has 3 rings (SSSR count). The van der Waals surface area contributed by atoms with Gasteiger partial charge in [0.2, 0.25) is 0 Å². The van der Waals surface area contributed by atoms with Crippen molar-refractivity contribution < 1.29 is 4.79 Å². The van der Waals surface area contributed by atoms with Crippen LogP contribution in [0.2, 0.25) is 0 Å². The lowest BCUT2D eigenvalue weighted by atomic mass is 9.77. The Hall–Kier alpha value is -1.35. The fraction of sp³-hybridized carbons (Fsp3) is 0.632. The third-order valence-electron chi connectivity index (χ3n) is 5.63. The molecule has 22 heavy (non-hydrogen) atoms. The number of nitrogens with zero attached hydrogens (tertiary/aromatic N) is 2. The summed E-state index contributed by atoms with van der Waals surface area (Å²) in [4.78, 5) is 17.4. The first-order valence-electron chi connectivity index (χ1n) is 8.46. The van der Waals surface area contributed by atoms with Crippen molar-refractivity contribution in [1.82, 2.24) is 9.80 Å². The summed E-state index contributed by atoms with van der Waals surface area (Å²) in [6.45, 7) is 10.5. The topological polar surface area (TPSA) is 23.6 Å². The van der Waals surface area contributed by atoms with Crippen molar-refractivity contribution in [3.63, 3.8) is 0 Å². The van der Waals surface area contributed by atoms with Crippen LogP contribution in [0.15, 0.2) is 12.1 Å². The van der Waals surface area contributed by atoms with Gasteiger partial charge in [-0.25, -0.2) is 0 Å². The maximum absolute atomic E-state index is 12.9. The molecular formula is C19H28N2O. The highest BCUT2D eigenvalue weighted by Gasteiger charge is 2.40. The van der Waals surface area contributed by atoms with Gasteiger partial charge >= 0.3 is 0 Å². The number of aryl methyl sites for hydroxylation is 3. The molecule has 1 amide bonds. The van der Waals surface area contributed by atoms with Gasteiger partial charge < -0.3 is 9.80 Å². The lowest BCUT2D eigenvalue weighted by molar-refractivity contribution is 0.0592. The molecule has 3 heteroatoms. The molecule has 0 atom stereocenters. The van der Waals surface area contributed by atoms with Crippen molar-refractivity contribution in [3.05, 3.63) is 34.4 Å². The summed E-state index contributed by atoms with van der Waals surface area (Å²) in [7, 11) is 2.21. The maximum atomic E-state index is 12.9. The van der Waals surface area contributed by atoms with E-state index < -0.39 is 0 Å². The van der Waals surface area contributed by atoms with Crippen LogP contribution in [0, 0.1) is 26.2 Å². The minimum atomic E-state index is 0.233. The van der Waals surface area contributed by atoms with Crippen LogP contribution in [0.25, 0.3) is 0 Å². The van der Waals surface area contributed by atoms with E-state index in [1.807, 2.05) is 0 Å². The maximum Gasteiger partial charge on any atom is 0.254 e. The van der Waals surface area contributed by atoms with E-state index in [2.05, 4.69) is 49.8 Å². The number of rotatable bonds is 1. The standard InChI is InChI=1S/C19H28N2O/c1-14-11-15(2)17(16(3)12-14)18(22)21-9-6-19(7-10-21)5-8-20(4)13-19/h11-12H,5-10,13H2,1-4H3. The number of carbonyl (C=O) groups is 1. The van der Waals surface area contributed by atoms with Gasteiger partial charge in [0.25, 0.3) is 5.91 Å². The number of likely N-dealkylation sites (tertiary alicyclic amines) is 2. The Morgan fingerprint density at radius 2 is 1.55 bits per heavy atom. The largest absolute Gasteiger partial charge is 0.339 e. The number of piperidine rings is 1. The Morgan fingerprint density at radius 3 is 2.05 bits per heavy atom. The summed E-state index contributed by atoms with van der Waals surface area (Å²) in [5.41, 5.74) is 4.86. The summed E-state index contributed by atoms with van der Waals surface area (Å²) in [6, 6.07) is 4.25. The average molecular weight is 300 g/mol. The van der Waals surface area contributed by atoms with E-state index in [1.54, 1.807) is 0 Å². The van der Waals surface area contributed by atoms with Gasteiger partial charge in [-0.2, -0.15) is 0 Å². The molecule has 2 heterocycles. The Morgan fingerprint density at radius 1 is 1.00 bits per heavy atom. The Kier molecular flexibility index (Phi) is 4.02. The summed E-state index contributed by atoms with van der Waals surface area (Å²) in [5.74, 6) is 0.233. The summed E-state index contributed by atoms with van der Waals surface area (Å²) < 4.78 is 0. The van der Waals surface area contributed by atoms with Gasteiger partial charge in [-0.1, -0.05) is 17.7 Å². The zero-order valence-electron chi connectivity index (χ0n) is 14.4. The highest BCUT2D eigenvalue weighted by molar-refractivity contribution is 5.97. The van der Waals surface area contributed by atoms with E-state index in [0.29, 0.717) is 5.41 Å². The number of hydrogen-bond acceptors (Lipinski definition) is 2. The van der Waals surface area contributed by atoms with Crippen LogP contribution in [0.1, 0.15) is 46.3 Å². The van der Waals surface area contributed by atoms with Gasteiger partial charge in [0.15, 0.2) is 0 Å². The zero-order chi connectivity index (χ0) is 15.9. The van der Waals surface area contributed by atoms with Gasteiger partial charge in [0, 0.05) is 25.2 Å². The summed E-state index contributed by atoms with van der Waals surface area (Å²) >= 11 is 0. The molecule has 2 aliphatic rings. The van der Waals surface area contributed by atoms with Crippen molar-refractivity contribution in [3.8, 4) is 0 Å². The molecule has 0 aliphatic carbocycles. The van der Waals surface area contributed by atoms with E-state index in [4.69, 9.17) is 0 Å². The Bertz CT molecular complexity index is 562. The predicted octanol–water partition coefficient (Wildman–Crippen LogP) is 3.17. The van der Waals surface area contributed by atoms with Crippen molar-refractivity contribution >= 4 is 5.91 Å². The smallest absolute Gasteiger partial charge is 0.254 e. The van der Waals surface area contributed by atoms with E-state index in [0.717, 1.165) is 42.6 Å². The molecule has 3 nitrogen and oxygen atoms in total. The van der Waals surface area contributed by atoms with Crippen LogP contribution in [-0.4, -0.2) is 48.9 Å². The first kappa shape index (κ1) is 15.5. The van der Waals surface area contributed by atoms with Crippen molar-refractivity contribution in [2.45, 2.75) is 40.0 Å². The first-order chi connectivity index (χ1) is 10.4. The third kappa shape index (κ3) is 2.79. The molecule has 0 N–H and O–H groups in total. The average Bonchev–Trinajstić information content (AvgIpc) is 2.79. The predicted molar refractivity (Wildman–Crippen MR) is 90.3 cm³/mol. The Labute approximate surface area is 134 Å². The van der Waals surface area contributed by atoms with E-state index in [9.17, 15) is 4.79 Å². The van der Waals surface area contributed by atoms with Crippen LogP contribution >= 0.6 is 0 Å². The molecule has 0 aromatic heterocycles. The fourth-order valence-electron chi connectivity index (χ4n) is 4.43. The third-order valence-corrected chi connectivity index (χ3v) is 5.63. The number of hydrogen-bond donors (Lipinski definition) is 0. The van der Waals surface area contributed by atoms with Gasteiger partial charge in [0.1, 0.15) is 0 Å². The van der Waals surface area contributed by atoms with Gasteiger partial charge in [-0.3, -0.25) is 4.79 Å². The minimum absolute atomic E-state index is 0.233. The second-order valence-electron chi connectivity index (χ2n) is 7.55. The second-order valence-corrected chi connectivity index (χ2v) is 7.55. The first-order valence-corrected chi connectivity index (χ1v) is 8.46. The molecule has 2 saturated heterocycles. The molecule has 120 valence electrons. The molecule has 1 spiro atoms. The monoisotopic (exact) mass is 300 g/mol. The summed E-state index contributed by atoms with van der Waals surface area (Å²) in [5, 5.41) is 0. The van der Waals surface area contributed by atoms with Crippen molar-refractivity contribution in [2.24, 2.45) is 5.41 Å². The van der Waals surface area contributed by atoms with Gasteiger partial charge in [-0.05, 0) is 70.2 Å². The van der Waals surface area contributed by atoms with Crippen LogP contribution in [0.5, 0.6) is 0 Å². The molecule has 0 radical (unpaired) electrons. The molecule has 1 aromatic rings. The SMILES string of the molecule is Cc1cc(C)c(C(=O)N2CCC3(CCN(C)C3)CC2)c(C)c1. The van der Waals surface area contributed by atoms with Gasteiger partial charge in [-0.15, -0.1) is 0 Å². The molecule has 2 aliphatic heterocycles. The van der Waals surface area contributed by atoms with Crippen LogP contribution in [0.3, 0.4) is 0 Å². The molecule has 0 bridgehead atoms. The lowest BCUT2D eigenvalue weighted by Crippen LogP contribution is -2.44. The molecule has 0 saturated carbocycles. The highest BCUT2D eigenvalue weighted by atomic mass is 16.2. The second kappa shape index (κ2) is 5.69. The van der Waals surface area contributed by atoms with E-state index >= 15 is 0 Å². The molecule has 1 aromatic carbocycles. The van der Waals surface area contributed by atoms with Crippen LogP contribution in [-0.2, 0) is 0 Å². The number of carbonyl (C=O) groups excluding carboxylic acids is 1. The van der Waals surface area contributed by atoms with Gasteiger partial charge in [0.05, 0.1) is 0 Å². The van der Waals surface area contributed by atoms with E-state index in [-0.39, 0.29) is 5.91 Å². The van der Waals surface area contributed by atoms with Crippen molar-refractivity contribution in [1.29, 1.82) is 0 Å². The minimum Gasteiger partial charge on any atom is -0.339 e. The Balaban J connectivity index is 1.73. The number of benzene rings is 1. The normalized spacial score (nSPS) is 21.5. The van der Waals surface area contributed by atoms with Crippen molar-refractivity contribution in [2.75, 3.05) is 33.2 Å². The van der Waals surface area contributed by atoms with Crippen LogP contribution in [0.4, 0.5) is 0 Å². The molecular weight excluding hydrogens is 272 g/mol. The molecule has 0 unspecified atom stereocenters. The summed E-state index contributed by atoms with van der Waals surface area (Å²) in [6.07, 6.45) is 3.62.